The predicted molar refractivity (Wildman–Crippen MR) is 95.7 cm³/mol. The molecule has 1 aromatic heterocycles. The van der Waals surface area contributed by atoms with Gasteiger partial charge < -0.3 is 4.90 Å². The van der Waals surface area contributed by atoms with E-state index in [4.69, 9.17) is 11.6 Å². The van der Waals surface area contributed by atoms with Gasteiger partial charge in [0.15, 0.2) is 0 Å². The Morgan fingerprint density at radius 1 is 1.17 bits per heavy atom. The quantitative estimate of drug-likeness (QED) is 0.822. The summed E-state index contributed by atoms with van der Waals surface area (Å²) in [5.74, 6) is 0.106. The molecule has 0 aliphatic carbocycles. The van der Waals surface area contributed by atoms with Gasteiger partial charge >= 0.3 is 0 Å². The lowest BCUT2D eigenvalue weighted by molar-refractivity contribution is -0.132. The van der Waals surface area contributed by atoms with Crippen LogP contribution in [0.1, 0.15) is 11.1 Å². The number of carbonyl (C=O) groups is 1. The molecule has 1 aromatic carbocycles. The second-order valence-corrected chi connectivity index (χ2v) is 6.24. The molecule has 0 spiro atoms. The Balaban J connectivity index is 1.69. The highest BCUT2D eigenvalue weighted by atomic mass is 35.5. The summed E-state index contributed by atoms with van der Waals surface area (Å²) in [6.45, 7) is 1.99. The number of hydrogen-bond donors (Lipinski definition) is 1. The number of halogens is 1. The van der Waals surface area contributed by atoms with E-state index in [-0.39, 0.29) is 11.9 Å². The molecule has 0 saturated heterocycles. The van der Waals surface area contributed by atoms with Crippen LogP contribution in [0, 0.1) is 0 Å². The molecule has 0 unspecified atom stereocenters. The smallest absolute Gasteiger partial charge is 0.244 e. The Bertz CT molecular complexity index is 700. The fraction of sp³-hybridized carbons (Fsp3) is 0.263. The lowest BCUT2D eigenvalue weighted by atomic mass is 10.1. The lowest BCUT2D eigenvalue weighted by Gasteiger charge is -2.25. The highest BCUT2D eigenvalue weighted by Gasteiger charge is 2.23. The zero-order chi connectivity index (χ0) is 16.8. The van der Waals surface area contributed by atoms with Gasteiger partial charge in [-0.3, -0.25) is 15.1 Å². The van der Waals surface area contributed by atoms with Gasteiger partial charge in [0.05, 0.1) is 0 Å². The Hall–Kier alpha value is -2.17. The number of carbonyl (C=O) groups excluding carboxylic acids is 1. The van der Waals surface area contributed by atoms with Gasteiger partial charge in [0.25, 0.3) is 0 Å². The second kappa shape index (κ2) is 8.08. The van der Waals surface area contributed by atoms with Gasteiger partial charge in [0, 0.05) is 37.1 Å². The van der Waals surface area contributed by atoms with Crippen LogP contribution in [0.15, 0.2) is 60.9 Å². The molecule has 2 heterocycles. The van der Waals surface area contributed by atoms with Gasteiger partial charge in [-0.2, -0.15) is 0 Å². The van der Waals surface area contributed by atoms with Gasteiger partial charge in [-0.1, -0.05) is 35.9 Å². The molecule has 0 radical (unpaired) electrons. The molecule has 1 N–H and O–H groups in total. The second-order valence-electron chi connectivity index (χ2n) is 5.81. The van der Waals surface area contributed by atoms with E-state index in [1.54, 1.807) is 12.4 Å². The van der Waals surface area contributed by atoms with E-state index in [2.05, 4.69) is 10.3 Å². The fourth-order valence-electron chi connectivity index (χ4n) is 2.72. The van der Waals surface area contributed by atoms with Crippen molar-refractivity contribution >= 4 is 17.5 Å². The Morgan fingerprint density at radius 3 is 2.58 bits per heavy atom. The van der Waals surface area contributed by atoms with E-state index < -0.39 is 0 Å². The number of nitrogens with one attached hydrogen (secondary N) is 1. The molecule has 1 aliphatic heterocycles. The summed E-state index contributed by atoms with van der Waals surface area (Å²) in [5, 5.41) is 3.92. The number of pyridine rings is 1. The van der Waals surface area contributed by atoms with E-state index in [1.807, 2.05) is 53.5 Å². The Morgan fingerprint density at radius 2 is 1.92 bits per heavy atom. The first-order chi connectivity index (χ1) is 11.7. The first-order valence-electron chi connectivity index (χ1n) is 8.04. The van der Waals surface area contributed by atoms with Gasteiger partial charge in [0.2, 0.25) is 5.91 Å². The first-order valence-corrected chi connectivity index (χ1v) is 8.42. The van der Waals surface area contributed by atoms with Crippen molar-refractivity contribution in [3.05, 3.63) is 77.1 Å². The standard InChI is InChI=1S/C19H20ClN3O/c20-17-5-3-15(4-6-17)9-13-23(14-16-7-11-21-12-8-16)19(24)18-2-1-10-22-18/h1-8,11-12,18,22H,9-10,13-14H2/t18-/m0/s1. The minimum atomic E-state index is -0.225. The van der Waals surface area contributed by atoms with E-state index >= 15 is 0 Å². The van der Waals surface area contributed by atoms with Crippen molar-refractivity contribution in [2.24, 2.45) is 0 Å². The third kappa shape index (κ3) is 4.43. The predicted octanol–water partition coefficient (Wildman–Crippen LogP) is 2.83. The largest absolute Gasteiger partial charge is 0.336 e. The number of aromatic nitrogens is 1. The molecule has 4 nitrogen and oxygen atoms in total. The highest BCUT2D eigenvalue weighted by molar-refractivity contribution is 6.30. The highest BCUT2D eigenvalue weighted by Crippen LogP contribution is 2.13. The summed E-state index contributed by atoms with van der Waals surface area (Å²) in [5.41, 5.74) is 2.25. The van der Waals surface area contributed by atoms with Crippen LogP contribution in [0.3, 0.4) is 0 Å². The van der Waals surface area contributed by atoms with Crippen LogP contribution in [-0.4, -0.2) is 34.9 Å². The van der Waals surface area contributed by atoms with E-state index in [9.17, 15) is 4.79 Å². The lowest BCUT2D eigenvalue weighted by Crippen LogP contribution is -2.44. The average Bonchev–Trinajstić information content (AvgIpc) is 3.15. The van der Waals surface area contributed by atoms with Gasteiger partial charge in [-0.25, -0.2) is 0 Å². The van der Waals surface area contributed by atoms with Gasteiger partial charge in [-0.05, 0) is 41.8 Å². The molecular weight excluding hydrogens is 322 g/mol. The molecule has 5 heteroatoms. The zero-order valence-corrected chi connectivity index (χ0v) is 14.1. The first kappa shape index (κ1) is 16.7. The number of nitrogens with zero attached hydrogens (tertiary/aromatic N) is 2. The molecule has 124 valence electrons. The molecule has 1 atom stereocenters. The van der Waals surface area contributed by atoms with E-state index in [0.717, 1.165) is 23.6 Å². The molecule has 0 fully saturated rings. The summed E-state index contributed by atoms with van der Waals surface area (Å²) < 4.78 is 0. The zero-order valence-electron chi connectivity index (χ0n) is 13.4. The van der Waals surface area contributed by atoms with Crippen molar-refractivity contribution in [2.45, 2.75) is 19.0 Å². The van der Waals surface area contributed by atoms with Crippen molar-refractivity contribution in [1.82, 2.24) is 15.2 Å². The van der Waals surface area contributed by atoms with Crippen LogP contribution >= 0.6 is 11.6 Å². The third-order valence-corrected chi connectivity index (χ3v) is 4.32. The average molecular weight is 342 g/mol. The Kier molecular flexibility index (Phi) is 5.62. The van der Waals surface area contributed by atoms with Crippen molar-refractivity contribution in [1.29, 1.82) is 0 Å². The molecule has 0 bridgehead atoms. The molecule has 24 heavy (non-hydrogen) atoms. The van der Waals surface area contributed by atoms with E-state index in [0.29, 0.717) is 13.1 Å². The minimum Gasteiger partial charge on any atom is -0.336 e. The van der Waals surface area contributed by atoms with Crippen LogP contribution in [0.5, 0.6) is 0 Å². The number of amides is 1. The molecule has 0 saturated carbocycles. The third-order valence-electron chi connectivity index (χ3n) is 4.07. The van der Waals surface area contributed by atoms with Crippen molar-refractivity contribution in [3.8, 4) is 0 Å². The maximum absolute atomic E-state index is 12.8. The molecule has 3 rings (SSSR count). The van der Waals surface area contributed by atoms with Crippen LogP contribution in [-0.2, 0) is 17.8 Å². The van der Waals surface area contributed by atoms with Crippen LogP contribution in [0.4, 0.5) is 0 Å². The monoisotopic (exact) mass is 341 g/mol. The van der Waals surface area contributed by atoms with Gasteiger partial charge in [0.1, 0.15) is 6.04 Å². The van der Waals surface area contributed by atoms with E-state index in [1.165, 1.54) is 5.56 Å². The molecule has 2 aromatic rings. The Labute approximate surface area is 147 Å². The summed E-state index contributed by atoms with van der Waals surface area (Å²) in [7, 11) is 0. The van der Waals surface area contributed by atoms with Crippen molar-refractivity contribution in [2.75, 3.05) is 13.1 Å². The summed E-state index contributed by atoms with van der Waals surface area (Å²) >= 11 is 5.93. The summed E-state index contributed by atoms with van der Waals surface area (Å²) in [6, 6.07) is 11.4. The van der Waals surface area contributed by atoms with Crippen LogP contribution < -0.4 is 5.32 Å². The maximum atomic E-state index is 12.8. The summed E-state index contributed by atoms with van der Waals surface area (Å²) in [6.07, 6.45) is 8.23. The minimum absolute atomic E-state index is 0.106. The molecule has 1 amide bonds. The van der Waals surface area contributed by atoms with Gasteiger partial charge in [-0.15, -0.1) is 0 Å². The number of benzene rings is 1. The normalized spacial score (nSPS) is 16.3. The van der Waals surface area contributed by atoms with Crippen LogP contribution in [0.25, 0.3) is 0 Å². The summed E-state index contributed by atoms with van der Waals surface area (Å²) in [4.78, 5) is 18.7. The van der Waals surface area contributed by atoms with Crippen molar-refractivity contribution in [3.63, 3.8) is 0 Å². The molecule has 1 aliphatic rings. The fourth-order valence-corrected chi connectivity index (χ4v) is 2.85. The van der Waals surface area contributed by atoms with Crippen molar-refractivity contribution < 1.29 is 4.79 Å². The topological polar surface area (TPSA) is 45.2 Å². The number of rotatable bonds is 6. The number of hydrogen-bond acceptors (Lipinski definition) is 3. The van der Waals surface area contributed by atoms with Crippen LogP contribution in [0.2, 0.25) is 5.02 Å². The molecular formula is C19H20ClN3O. The maximum Gasteiger partial charge on any atom is 0.244 e. The SMILES string of the molecule is O=C([C@@H]1C=CCN1)N(CCc1ccc(Cl)cc1)Cc1ccncc1.